The minimum absolute atomic E-state index is 0.0281. The number of hydrogen-bond donors (Lipinski definition) is 0. The maximum atomic E-state index is 12.2. The van der Waals surface area contributed by atoms with Crippen molar-refractivity contribution in [3.8, 4) is 11.8 Å². The van der Waals surface area contributed by atoms with Crippen molar-refractivity contribution in [1.29, 1.82) is 5.26 Å². The summed E-state index contributed by atoms with van der Waals surface area (Å²) >= 11 is 0. The van der Waals surface area contributed by atoms with Crippen molar-refractivity contribution in [2.24, 2.45) is 11.8 Å². The van der Waals surface area contributed by atoms with Crippen molar-refractivity contribution in [2.75, 3.05) is 0 Å². The maximum Gasteiger partial charge on any atom is 0.338 e. The molecule has 0 saturated heterocycles. The molecule has 37 heavy (non-hydrogen) atoms. The molecule has 0 N–H and O–H groups in total. The topological polar surface area (TPSA) is 59.3 Å². The molecular formula is C32H47NO3Si. The first-order valence-electron chi connectivity index (χ1n) is 13.6. The van der Waals surface area contributed by atoms with E-state index in [-0.39, 0.29) is 16.9 Å². The Morgan fingerprint density at radius 3 is 2.00 bits per heavy atom. The molecule has 0 spiro atoms. The lowest BCUT2D eigenvalue weighted by molar-refractivity contribution is 0.00695. The number of aryl methyl sites for hydroxylation is 1. The van der Waals surface area contributed by atoms with Gasteiger partial charge >= 0.3 is 5.97 Å². The van der Waals surface area contributed by atoms with E-state index in [2.05, 4.69) is 71.1 Å². The number of benzene rings is 2. The molecule has 2 aromatic rings. The zero-order valence-corrected chi connectivity index (χ0v) is 25.5. The van der Waals surface area contributed by atoms with Gasteiger partial charge in [-0.3, -0.25) is 0 Å². The second kappa shape index (κ2) is 12.8. The summed E-state index contributed by atoms with van der Waals surface area (Å²) in [6.07, 6.45) is 4.63. The van der Waals surface area contributed by atoms with Crippen LogP contribution in [0, 0.1) is 23.2 Å². The van der Waals surface area contributed by atoms with Gasteiger partial charge in [0.2, 0.25) is 0 Å². The van der Waals surface area contributed by atoms with E-state index in [1.165, 1.54) is 5.56 Å². The molecule has 0 radical (unpaired) electrons. The minimum atomic E-state index is -1.90. The van der Waals surface area contributed by atoms with Gasteiger partial charge in [-0.25, -0.2) is 4.79 Å². The van der Waals surface area contributed by atoms with E-state index in [1.54, 1.807) is 12.1 Å². The third-order valence-corrected chi connectivity index (χ3v) is 12.2. The third kappa shape index (κ3) is 9.34. The molecule has 5 heteroatoms. The average Bonchev–Trinajstić information content (AvgIpc) is 2.81. The number of ether oxygens (including phenoxy) is 1. The van der Waals surface area contributed by atoms with E-state index in [4.69, 9.17) is 9.16 Å². The van der Waals surface area contributed by atoms with Crippen molar-refractivity contribution in [1.82, 2.24) is 0 Å². The molecule has 0 aliphatic carbocycles. The Morgan fingerprint density at radius 1 is 0.919 bits per heavy atom. The van der Waals surface area contributed by atoms with Gasteiger partial charge in [0.15, 0.2) is 0 Å². The predicted molar refractivity (Wildman–Crippen MR) is 155 cm³/mol. The molecule has 0 unspecified atom stereocenters. The van der Waals surface area contributed by atoms with Crippen LogP contribution in [0.3, 0.4) is 0 Å². The molecule has 0 aliphatic heterocycles. The third-order valence-electron chi connectivity index (χ3n) is 7.81. The first-order chi connectivity index (χ1) is 17.1. The van der Waals surface area contributed by atoms with Crippen LogP contribution in [0.2, 0.25) is 18.1 Å². The summed E-state index contributed by atoms with van der Waals surface area (Å²) in [5.41, 5.74) is 2.40. The first-order valence-corrected chi connectivity index (χ1v) is 16.6. The van der Waals surface area contributed by atoms with Crippen LogP contribution in [0.15, 0.2) is 48.5 Å². The molecule has 202 valence electrons. The van der Waals surface area contributed by atoms with E-state index in [0.29, 0.717) is 17.9 Å². The van der Waals surface area contributed by atoms with Crippen molar-refractivity contribution in [2.45, 2.75) is 104 Å². The zero-order chi connectivity index (χ0) is 27.9. The molecule has 2 aromatic carbocycles. The smallest absolute Gasteiger partial charge is 0.338 e. The van der Waals surface area contributed by atoms with Crippen LogP contribution in [-0.2, 0) is 17.6 Å². The Hall–Kier alpha value is -2.58. The number of nitrogens with zero attached hydrogens (tertiary/aromatic N) is 1. The number of nitriles is 1. The van der Waals surface area contributed by atoms with Gasteiger partial charge in [-0.1, -0.05) is 58.4 Å². The van der Waals surface area contributed by atoms with E-state index >= 15 is 0 Å². The molecule has 0 saturated carbocycles. The predicted octanol–water partition coefficient (Wildman–Crippen LogP) is 8.76. The van der Waals surface area contributed by atoms with Gasteiger partial charge in [-0.15, -0.1) is 0 Å². The Morgan fingerprint density at radius 2 is 1.49 bits per heavy atom. The summed E-state index contributed by atoms with van der Waals surface area (Å²) in [4.78, 5) is 12.2. The number of carbonyl (C=O) groups excluding carboxylic acids is 1. The molecule has 2 rings (SSSR count). The lowest BCUT2D eigenvalue weighted by Gasteiger charge is -2.42. The fourth-order valence-electron chi connectivity index (χ4n) is 4.18. The highest BCUT2D eigenvalue weighted by Crippen LogP contribution is 2.44. The number of carbonyl (C=O) groups is 1. The Labute approximate surface area is 226 Å². The van der Waals surface area contributed by atoms with Gasteiger partial charge in [0, 0.05) is 0 Å². The van der Waals surface area contributed by atoms with Crippen LogP contribution in [0.1, 0.15) is 89.2 Å². The Bertz CT molecular complexity index is 1040. The highest BCUT2D eigenvalue weighted by atomic mass is 28.4. The fourth-order valence-corrected chi connectivity index (χ4v) is 6.55. The zero-order valence-electron chi connectivity index (χ0n) is 24.5. The average molecular weight is 522 g/mol. The second-order valence-electron chi connectivity index (χ2n) is 12.6. The number of unbranched alkanes of at least 4 members (excludes halogenated alkanes) is 1. The second-order valence-corrected chi connectivity index (χ2v) is 17.1. The maximum absolute atomic E-state index is 12.2. The SMILES string of the molecule is CC(C)C(C)(C)[Si](C)(C)Oc1ccc(CCCC[C@H](C#N)Cc2ccc(C(=O)OC(C)(C)C)cc2)cc1. The highest BCUT2D eigenvalue weighted by Gasteiger charge is 2.44. The summed E-state index contributed by atoms with van der Waals surface area (Å²) in [7, 11) is -1.90. The van der Waals surface area contributed by atoms with Crippen LogP contribution in [0.5, 0.6) is 5.75 Å². The van der Waals surface area contributed by atoms with Gasteiger partial charge in [-0.2, -0.15) is 5.26 Å². The molecule has 1 atom stereocenters. The van der Waals surface area contributed by atoms with E-state index in [1.807, 2.05) is 32.9 Å². The van der Waals surface area contributed by atoms with E-state index in [9.17, 15) is 10.1 Å². The van der Waals surface area contributed by atoms with Crippen LogP contribution < -0.4 is 4.43 Å². The van der Waals surface area contributed by atoms with Crippen molar-refractivity contribution < 1.29 is 14.0 Å². The van der Waals surface area contributed by atoms with Gasteiger partial charge in [0.1, 0.15) is 11.4 Å². The normalized spacial score (nSPS) is 13.2. The molecular weight excluding hydrogens is 474 g/mol. The van der Waals surface area contributed by atoms with Crippen LogP contribution in [-0.4, -0.2) is 19.9 Å². The number of rotatable bonds is 12. The molecule has 0 aromatic heterocycles. The lowest BCUT2D eigenvalue weighted by atomic mass is 9.94. The fraction of sp³-hybridized carbons (Fsp3) is 0.562. The van der Waals surface area contributed by atoms with E-state index in [0.717, 1.165) is 37.0 Å². The minimum Gasteiger partial charge on any atom is -0.543 e. The molecule has 0 heterocycles. The summed E-state index contributed by atoms with van der Waals surface area (Å²) in [5.74, 6) is 1.19. The van der Waals surface area contributed by atoms with Crippen LogP contribution in [0.25, 0.3) is 0 Å². The number of esters is 1. The quantitative estimate of drug-likeness (QED) is 0.159. The standard InChI is InChI=1S/C32H47NO3Si/c1-24(2)32(6,7)37(8,9)36-29-20-16-25(17-21-29)12-10-11-13-27(23-33)22-26-14-18-28(19-15-26)30(34)35-31(3,4)5/h14-21,24,27H,10-13,22H2,1-9H3/t27-/m0/s1. The summed E-state index contributed by atoms with van der Waals surface area (Å²) < 4.78 is 12.0. The molecule has 4 nitrogen and oxygen atoms in total. The van der Waals surface area contributed by atoms with Crippen molar-refractivity contribution in [3.05, 3.63) is 65.2 Å². The monoisotopic (exact) mass is 521 g/mol. The van der Waals surface area contributed by atoms with Gasteiger partial charge in [0.05, 0.1) is 17.6 Å². The molecule has 0 bridgehead atoms. The summed E-state index contributed by atoms with van der Waals surface area (Å²) in [6.45, 7) is 19.4. The Kier molecular flexibility index (Phi) is 10.6. The van der Waals surface area contributed by atoms with Crippen molar-refractivity contribution >= 4 is 14.3 Å². The number of hydrogen-bond acceptors (Lipinski definition) is 4. The largest absolute Gasteiger partial charge is 0.543 e. The molecule has 0 fully saturated rings. The van der Waals surface area contributed by atoms with Crippen LogP contribution >= 0.6 is 0 Å². The van der Waals surface area contributed by atoms with Gasteiger partial charge < -0.3 is 9.16 Å². The van der Waals surface area contributed by atoms with Crippen LogP contribution in [0.4, 0.5) is 0 Å². The first kappa shape index (κ1) is 30.6. The lowest BCUT2D eigenvalue weighted by Crippen LogP contribution is -2.47. The van der Waals surface area contributed by atoms with E-state index < -0.39 is 13.9 Å². The Balaban J connectivity index is 1.81. The molecule has 0 amide bonds. The van der Waals surface area contributed by atoms with Crippen molar-refractivity contribution in [3.63, 3.8) is 0 Å². The van der Waals surface area contributed by atoms with Gasteiger partial charge in [-0.05, 0) is 106 Å². The highest BCUT2D eigenvalue weighted by molar-refractivity contribution is 6.74. The summed E-state index contributed by atoms with van der Waals surface area (Å²) in [5, 5.41) is 9.84. The van der Waals surface area contributed by atoms with Gasteiger partial charge in [0.25, 0.3) is 8.32 Å². The molecule has 0 aliphatic rings. The summed E-state index contributed by atoms with van der Waals surface area (Å²) in [6, 6.07) is 18.5.